The van der Waals surface area contributed by atoms with Crippen molar-refractivity contribution in [1.29, 1.82) is 0 Å². The van der Waals surface area contributed by atoms with Crippen molar-refractivity contribution in [3.63, 3.8) is 0 Å². The first-order chi connectivity index (χ1) is 12.0. The summed E-state index contributed by atoms with van der Waals surface area (Å²) in [6.07, 6.45) is -0.671. The molecule has 26 heavy (non-hydrogen) atoms. The zero-order chi connectivity index (χ0) is 19.8. The Morgan fingerprint density at radius 1 is 1.27 bits per heavy atom. The van der Waals surface area contributed by atoms with Crippen molar-refractivity contribution in [2.24, 2.45) is 5.73 Å². The van der Waals surface area contributed by atoms with Gasteiger partial charge < -0.3 is 20.5 Å². The lowest BCUT2D eigenvalue weighted by molar-refractivity contribution is 0.0497. The van der Waals surface area contributed by atoms with Crippen molar-refractivity contribution in [2.75, 3.05) is 19.4 Å². The Labute approximate surface area is 155 Å². The highest BCUT2D eigenvalue weighted by Crippen LogP contribution is 2.55. The maximum atomic E-state index is 12.6. The third kappa shape index (κ3) is 3.96. The number of amides is 1. The lowest BCUT2D eigenvalue weighted by Gasteiger charge is -2.24. The van der Waals surface area contributed by atoms with E-state index in [9.17, 15) is 13.2 Å². The quantitative estimate of drug-likeness (QED) is 0.774. The number of hydrogen-bond acceptors (Lipinski definition) is 6. The summed E-state index contributed by atoms with van der Waals surface area (Å²) in [5.74, 6) is 0.209. The minimum absolute atomic E-state index is 0.00711. The van der Waals surface area contributed by atoms with E-state index < -0.39 is 38.2 Å². The van der Waals surface area contributed by atoms with Crippen molar-refractivity contribution >= 4 is 15.9 Å². The van der Waals surface area contributed by atoms with Crippen molar-refractivity contribution in [1.82, 2.24) is 5.32 Å². The van der Waals surface area contributed by atoms with Crippen LogP contribution in [0.1, 0.15) is 39.2 Å². The molecule has 146 valence electrons. The average molecular weight is 384 g/mol. The van der Waals surface area contributed by atoms with Crippen molar-refractivity contribution in [3.05, 3.63) is 29.8 Å². The number of methoxy groups -OCH3 is 1. The van der Waals surface area contributed by atoms with Crippen LogP contribution in [0.3, 0.4) is 0 Å². The lowest BCUT2D eigenvalue weighted by Crippen LogP contribution is -2.49. The Morgan fingerprint density at radius 3 is 2.27 bits per heavy atom. The summed E-state index contributed by atoms with van der Waals surface area (Å²) in [4.78, 5) is 12.3. The first-order valence-corrected chi connectivity index (χ1v) is 10.3. The molecule has 1 amide bonds. The number of carbonyl (C=O) groups is 1. The van der Waals surface area contributed by atoms with Gasteiger partial charge in [0.05, 0.1) is 17.9 Å². The molecular formula is C18H28N2O5S. The second-order valence-corrected chi connectivity index (χ2v) is 9.91. The Morgan fingerprint density at radius 2 is 1.85 bits per heavy atom. The highest BCUT2D eigenvalue weighted by Gasteiger charge is 2.71. The highest BCUT2D eigenvalue weighted by atomic mass is 32.2. The molecule has 3 atom stereocenters. The summed E-state index contributed by atoms with van der Waals surface area (Å²) in [5, 5.41) is 1.96. The van der Waals surface area contributed by atoms with E-state index in [1.54, 1.807) is 59.1 Å². The van der Waals surface area contributed by atoms with Crippen LogP contribution in [0, 0.1) is 0 Å². The van der Waals surface area contributed by atoms with Crippen LogP contribution < -0.4 is 15.8 Å². The number of alkyl carbamates (subject to hydrolysis) is 1. The van der Waals surface area contributed by atoms with E-state index in [2.05, 4.69) is 5.32 Å². The van der Waals surface area contributed by atoms with Gasteiger partial charge in [-0.3, -0.25) is 0 Å². The van der Waals surface area contributed by atoms with Crippen LogP contribution in [0.2, 0.25) is 0 Å². The lowest BCUT2D eigenvalue weighted by atomic mass is 10.1. The van der Waals surface area contributed by atoms with Crippen LogP contribution in [0.5, 0.6) is 5.75 Å². The van der Waals surface area contributed by atoms with Gasteiger partial charge in [-0.25, -0.2) is 13.2 Å². The first-order valence-electron chi connectivity index (χ1n) is 8.57. The molecule has 2 rings (SSSR count). The van der Waals surface area contributed by atoms with E-state index in [4.69, 9.17) is 15.2 Å². The second kappa shape index (κ2) is 7.08. The van der Waals surface area contributed by atoms with Gasteiger partial charge in [0, 0.05) is 18.2 Å². The summed E-state index contributed by atoms with van der Waals surface area (Å²) in [6, 6.07) is 7.13. The van der Waals surface area contributed by atoms with Gasteiger partial charge in [-0.15, -0.1) is 0 Å². The van der Waals surface area contributed by atoms with E-state index in [0.717, 1.165) is 5.56 Å². The molecule has 1 fully saturated rings. The number of nitrogens with one attached hydrogen (secondary N) is 1. The van der Waals surface area contributed by atoms with Gasteiger partial charge in [-0.1, -0.05) is 19.1 Å². The average Bonchev–Trinajstić information content (AvgIpc) is 3.22. The molecule has 8 heteroatoms. The molecule has 0 radical (unpaired) electrons. The minimum Gasteiger partial charge on any atom is -0.497 e. The van der Waals surface area contributed by atoms with Gasteiger partial charge in [0.1, 0.15) is 11.4 Å². The molecule has 0 saturated heterocycles. The zero-order valence-corrected chi connectivity index (χ0v) is 16.7. The third-order valence-corrected chi connectivity index (χ3v) is 6.86. The number of nitrogens with two attached hydrogens (primary N) is 1. The van der Waals surface area contributed by atoms with Crippen LogP contribution in [0.4, 0.5) is 4.79 Å². The highest BCUT2D eigenvalue weighted by molar-refractivity contribution is 7.92. The number of sulfone groups is 1. The fourth-order valence-electron chi connectivity index (χ4n) is 3.33. The van der Waals surface area contributed by atoms with Gasteiger partial charge >= 0.3 is 6.09 Å². The van der Waals surface area contributed by atoms with Gasteiger partial charge in [0.2, 0.25) is 0 Å². The van der Waals surface area contributed by atoms with E-state index in [1.807, 2.05) is 0 Å². The molecule has 1 aliphatic rings. The number of carbonyl (C=O) groups excluding carboxylic acids is 1. The monoisotopic (exact) mass is 384 g/mol. The zero-order valence-electron chi connectivity index (χ0n) is 15.9. The number of ether oxygens (including phenoxy) is 2. The van der Waals surface area contributed by atoms with Gasteiger partial charge in [0.15, 0.2) is 9.84 Å². The molecule has 1 aliphatic carbocycles. The Balaban J connectivity index is 2.38. The molecular weight excluding hydrogens is 356 g/mol. The summed E-state index contributed by atoms with van der Waals surface area (Å²) < 4.78 is 35.7. The predicted molar refractivity (Wildman–Crippen MR) is 100 cm³/mol. The third-order valence-electron chi connectivity index (χ3n) is 4.59. The van der Waals surface area contributed by atoms with Crippen molar-refractivity contribution in [2.45, 2.75) is 50.0 Å². The maximum Gasteiger partial charge on any atom is 0.408 e. The van der Waals surface area contributed by atoms with Crippen LogP contribution in [0.25, 0.3) is 0 Å². The van der Waals surface area contributed by atoms with Gasteiger partial charge in [-0.05, 0) is 38.5 Å². The topological polar surface area (TPSA) is 108 Å². The molecule has 0 aliphatic heterocycles. The normalized spacial score (nSPS) is 25.5. The van der Waals surface area contributed by atoms with Gasteiger partial charge in [-0.2, -0.15) is 0 Å². The van der Waals surface area contributed by atoms with Gasteiger partial charge in [0.25, 0.3) is 0 Å². The fraction of sp³-hybridized carbons (Fsp3) is 0.611. The summed E-state index contributed by atoms with van der Waals surface area (Å²) in [6.45, 7) is 6.82. The molecule has 0 heterocycles. The Hall–Kier alpha value is -1.80. The van der Waals surface area contributed by atoms with E-state index in [0.29, 0.717) is 5.75 Å². The maximum absolute atomic E-state index is 12.6. The summed E-state index contributed by atoms with van der Waals surface area (Å²) in [5.41, 5.74) is 4.96. The fourth-order valence-corrected chi connectivity index (χ4v) is 5.37. The largest absolute Gasteiger partial charge is 0.497 e. The Kier molecular flexibility index (Phi) is 5.58. The Bertz CT molecular complexity index is 755. The van der Waals surface area contributed by atoms with Crippen LogP contribution >= 0.6 is 0 Å². The SMILES string of the molecule is CCS(=O)(=O)[C@H]1[C@@H](c2ccc(OC)cc2)[C@@]1(CN)NC(=O)OC(C)(C)C. The number of benzene rings is 1. The van der Waals surface area contributed by atoms with Crippen molar-refractivity contribution in [3.8, 4) is 5.75 Å². The predicted octanol–water partition coefficient (Wildman–Crippen LogP) is 1.82. The minimum atomic E-state index is -3.43. The van der Waals surface area contributed by atoms with E-state index in [1.165, 1.54) is 0 Å². The molecule has 1 aromatic carbocycles. The van der Waals surface area contributed by atoms with Crippen LogP contribution in [0.15, 0.2) is 24.3 Å². The van der Waals surface area contributed by atoms with E-state index >= 15 is 0 Å². The number of rotatable bonds is 6. The molecule has 1 aromatic rings. The molecule has 0 aromatic heterocycles. The van der Waals surface area contributed by atoms with Crippen molar-refractivity contribution < 1.29 is 22.7 Å². The number of hydrogen-bond donors (Lipinski definition) is 2. The second-order valence-electron chi connectivity index (χ2n) is 7.49. The van der Waals surface area contributed by atoms with E-state index in [-0.39, 0.29) is 12.3 Å². The smallest absolute Gasteiger partial charge is 0.408 e. The van der Waals surface area contributed by atoms with Crippen LogP contribution in [-0.4, -0.2) is 50.3 Å². The molecule has 1 saturated carbocycles. The standard InChI is InChI=1S/C18H28N2O5S/c1-6-26(22,23)15-14(12-7-9-13(24-5)10-8-12)18(15,11-19)20-16(21)25-17(2,3)4/h7-10,14-15H,6,11,19H2,1-5H3,(H,20,21)/t14-,15+,18-/m1/s1. The molecule has 7 nitrogen and oxygen atoms in total. The molecule has 0 spiro atoms. The van der Waals surface area contributed by atoms with Crippen LogP contribution in [-0.2, 0) is 14.6 Å². The first kappa shape index (κ1) is 20.5. The summed E-state index contributed by atoms with van der Waals surface area (Å²) >= 11 is 0. The molecule has 3 N–H and O–H groups in total. The molecule has 0 unspecified atom stereocenters. The molecule has 0 bridgehead atoms. The summed E-state index contributed by atoms with van der Waals surface area (Å²) in [7, 11) is -1.87.